The minimum absolute atomic E-state index is 0.221. The molecule has 1 saturated carbocycles. The summed E-state index contributed by atoms with van der Waals surface area (Å²) in [4.78, 5) is 12.1. The second kappa shape index (κ2) is 6.02. The van der Waals surface area contributed by atoms with E-state index in [-0.39, 0.29) is 18.3 Å². The zero-order valence-corrected chi connectivity index (χ0v) is 12.5. The average Bonchev–Trinajstić information content (AvgIpc) is 3.26. The van der Waals surface area contributed by atoms with Crippen molar-refractivity contribution in [3.05, 3.63) is 35.2 Å². The van der Waals surface area contributed by atoms with Crippen molar-refractivity contribution in [1.29, 1.82) is 0 Å². The zero-order chi connectivity index (χ0) is 17.5. The number of fused-ring (bicyclic) bond motifs is 1. The van der Waals surface area contributed by atoms with Crippen molar-refractivity contribution < 1.29 is 27.6 Å². The normalized spacial score (nSPS) is 18.1. The van der Waals surface area contributed by atoms with Crippen LogP contribution in [-0.2, 0) is 16.1 Å². The highest BCUT2D eigenvalue weighted by Gasteiger charge is 2.40. The topological polar surface area (TPSA) is 96.6 Å². The lowest BCUT2D eigenvalue weighted by Crippen LogP contribution is -2.35. The molecule has 0 radical (unpaired) electrons. The van der Waals surface area contributed by atoms with Crippen molar-refractivity contribution in [1.82, 2.24) is 5.32 Å². The van der Waals surface area contributed by atoms with E-state index < -0.39 is 30.6 Å². The summed E-state index contributed by atoms with van der Waals surface area (Å²) in [6, 6.07) is 4.27. The molecule has 1 fully saturated rings. The van der Waals surface area contributed by atoms with Crippen LogP contribution in [0.3, 0.4) is 0 Å². The van der Waals surface area contributed by atoms with Gasteiger partial charge in [0.05, 0.1) is 6.61 Å². The Kier molecular flexibility index (Phi) is 4.18. The molecule has 0 atom stereocenters. The van der Waals surface area contributed by atoms with E-state index in [1.165, 1.54) is 12.1 Å². The van der Waals surface area contributed by atoms with Gasteiger partial charge in [-0.05, 0) is 36.0 Å². The molecule has 1 aromatic rings. The third-order valence-corrected chi connectivity index (χ3v) is 3.79. The highest BCUT2D eigenvalue weighted by atomic mass is 19.4. The Labute approximate surface area is 136 Å². The van der Waals surface area contributed by atoms with Crippen LogP contribution in [0.5, 0.6) is 0 Å². The van der Waals surface area contributed by atoms with Gasteiger partial charge in [0.2, 0.25) is 0 Å². The maximum atomic E-state index is 13.1. The standard InChI is InChI=1S/C14H15BF3N3O3/c16-14(17,18)12(20-8-3-4-8)11(19)13(22)21-9-2-1-7-6-24-15(23)10(7)5-9/h1-2,5,8,20,23H,3-4,6,19H2,(H,21,22)/b12-11-. The number of allylic oxidation sites excluding steroid dienone is 1. The van der Waals surface area contributed by atoms with E-state index in [1.54, 1.807) is 6.07 Å². The lowest BCUT2D eigenvalue weighted by Gasteiger charge is -2.17. The molecule has 6 nitrogen and oxygen atoms in total. The van der Waals surface area contributed by atoms with Crippen molar-refractivity contribution in [2.45, 2.75) is 31.7 Å². The first-order valence-corrected chi connectivity index (χ1v) is 7.33. The number of nitrogens with one attached hydrogen (secondary N) is 2. The summed E-state index contributed by atoms with van der Waals surface area (Å²) in [5.41, 5.74) is 4.70. The van der Waals surface area contributed by atoms with Gasteiger partial charge in [0.25, 0.3) is 5.91 Å². The summed E-state index contributed by atoms with van der Waals surface area (Å²) in [6.07, 6.45) is -3.53. The first-order valence-electron chi connectivity index (χ1n) is 7.33. The van der Waals surface area contributed by atoms with Crippen LogP contribution in [0.1, 0.15) is 18.4 Å². The second-order valence-electron chi connectivity index (χ2n) is 5.74. The number of amides is 1. The molecule has 1 aliphatic carbocycles. The molecular weight excluding hydrogens is 326 g/mol. The van der Waals surface area contributed by atoms with Crippen molar-refractivity contribution in [2.24, 2.45) is 5.73 Å². The summed E-state index contributed by atoms with van der Waals surface area (Å²) in [7, 11) is -1.12. The first kappa shape index (κ1) is 16.7. The van der Waals surface area contributed by atoms with Crippen LogP contribution in [0.2, 0.25) is 0 Å². The van der Waals surface area contributed by atoms with E-state index in [1.807, 2.05) is 0 Å². The van der Waals surface area contributed by atoms with Crippen LogP contribution in [0.25, 0.3) is 0 Å². The number of anilines is 1. The fraction of sp³-hybridized carbons (Fsp3) is 0.357. The summed E-state index contributed by atoms with van der Waals surface area (Å²) < 4.78 is 44.2. The number of carbonyl (C=O) groups excluding carboxylic acids is 1. The number of rotatable bonds is 4. The molecule has 0 unspecified atom stereocenters. The van der Waals surface area contributed by atoms with Gasteiger partial charge < -0.3 is 26.0 Å². The molecule has 1 aliphatic heterocycles. The third kappa shape index (κ3) is 3.49. The molecule has 2 aliphatic rings. The molecule has 3 rings (SSSR count). The SMILES string of the molecule is N/C(C(=O)Nc1ccc2c(c1)B(O)OC2)=C(\NC1CC1)C(F)(F)F. The van der Waals surface area contributed by atoms with Crippen LogP contribution in [-0.4, -0.2) is 30.3 Å². The smallest absolute Gasteiger partial charge is 0.423 e. The molecule has 0 aromatic heterocycles. The molecule has 128 valence electrons. The fourth-order valence-electron chi connectivity index (χ4n) is 2.35. The first-order chi connectivity index (χ1) is 11.3. The highest BCUT2D eigenvalue weighted by Crippen LogP contribution is 2.30. The van der Waals surface area contributed by atoms with E-state index in [2.05, 4.69) is 10.6 Å². The van der Waals surface area contributed by atoms with E-state index in [0.29, 0.717) is 18.3 Å². The number of nitrogens with two attached hydrogens (primary N) is 1. The lowest BCUT2D eigenvalue weighted by atomic mass is 9.79. The number of halogens is 3. The molecule has 0 bridgehead atoms. The van der Waals surface area contributed by atoms with Crippen molar-refractivity contribution in [3.63, 3.8) is 0 Å². The maximum Gasteiger partial charge on any atom is 0.491 e. The maximum absolute atomic E-state index is 13.1. The van der Waals surface area contributed by atoms with Gasteiger partial charge in [-0.15, -0.1) is 0 Å². The summed E-state index contributed by atoms with van der Waals surface area (Å²) in [5.74, 6) is -1.07. The minimum atomic E-state index is -4.74. The van der Waals surface area contributed by atoms with Gasteiger partial charge in [-0.2, -0.15) is 13.2 Å². The van der Waals surface area contributed by atoms with Gasteiger partial charge >= 0.3 is 13.3 Å². The van der Waals surface area contributed by atoms with Crippen LogP contribution in [0.15, 0.2) is 29.6 Å². The predicted octanol–water partition coefficient (Wildman–Crippen LogP) is 0.327. The highest BCUT2D eigenvalue weighted by molar-refractivity contribution is 6.61. The van der Waals surface area contributed by atoms with Crippen LogP contribution in [0, 0.1) is 0 Å². The van der Waals surface area contributed by atoms with Gasteiger partial charge in [0.1, 0.15) is 11.4 Å². The van der Waals surface area contributed by atoms with Crippen molar-refractivity contribution in [2.75, 3.05) is 5.32 Å². The van der Waals surface area contributed by atoms with Gasteiger partial charge in [-0.3, -0.25) is 4.79 Å². The summed E-state index contributed by atoms with van der Waals surface area (Å²) in [5, 5.41) is 14.2. The van der Waals surface area contributed by atoms with E-state index in [0.717, 1.165) is 5.56 Å². The van der Waals surface area contributed by atoms with E-state index in [4.69, 9.17) is 10.4 Å². The minimum Gasteiger partial charge on any atom is -0.423 e. The summed E-state index contributed by atoms with van der Waals surface area (Å²) in [6.45, 7) is 0.232. The van der Waals surface area contributed by atoms with E-state index in [9.17, 15) is 23.0 Å². The van der Waals surface area contributed by atoms with E-state index >= 15 is 0 Å². The van der Waals surface area contributed by atoms with Gasteiger partial charge in [0, 0.05) is 11.7 Å². The number of benzene rings is 1. The quantitative estimate of drug-likeness (QED) is 0.468. The molecule has 1 amide bonds. The molecule has 0 saturated heterocycles. The Balaban J connectivity index is 1.80. The van der Waals surface area contributed by atoms with Gasteiger partial charge in [-0.25, -0.2) is 0 Å². The molecule has 0 spiro atoms. The third-order valence-electron chi connectivity index (χ3n) is 3.79. The Bertz CT molecular complexity index is 704. The molecular formula is C14H15BF3N3O3. The van der Waals surface area contributed by atoms with Crippen molar-refractivity contribution in [3.8, 4) is 0 Å². The Morgan fingerprint density at radius 1 is 1.38 bits per heavy atom. The number of hydrogen-bond donors (Lipinski definition) is 4. The number of alkyl halides is 3. The van der Waals surface area contributed by atoms with Crippen molar-refractivity contribution >= 4 is 24.2 Å². The predicted molar refractivity (Wildman–Crippen MR) is 80.9 cm³/mol. The Hall–Kier alpha value is -2.20. The Morgan fingerprint density at radius 2 is 2.08 bits per heavy atom. The van der Waals surface area contributed by atoms with Crippen LogP contribution >= 0.6 is 0 Å². The van der Waals surface area contributed by atoms with Gasteiger partial charge in [0.15, 0.2) is 0 Å². The van der Waals surface area contributed by atoms with Gasteiger partial charge in [-0.1, -0.05) is 6.07 Å². The average molecular weight is 341 g/mol. The molecule has 1 aromatic carbocycles. The number of hydrogen-bond acceptors (Lipinski definition) is 5. The molecule has 1 heterocycles. The number of carbonyl (C=O) groups is 1. The molecule has 10 heteroatoms. The molecule has 5 N–H and O–H groups in total. The van der Waals surface area contributed by atoms with Crippen LogP contribution < -0.4 is 21.8 Å². The monoisotopic (exact) mass is 341 g/mol. The summed E-state index contributed by atoms with van der Waals surface area (Å²) >= 11 is 0. The fourth-order valence-corrected chi connectivity index (χ4v) is 2.35. The largest absolute Gasteiger partial charge is 0.491 e. The Morgan fingerprint density at radius 3 is 2.71 bits per heavy atom. The zero-order valence-electron chi connectivity index (χ0n) is 12.5. The lowest BCUT2D eigenvalue weighted by molar-refractivity contribution is -0.115. The second-order valence-corrected chi connectivity index (χ2v) is 5.74. The molecule has 24 heavy (non-hydrogen) atoms. The van der Waals surface area contributed by atoms with Crippen LogP contribution in [0.4, 0.5) is 18.9 Å².